The molecule has 0 radical (unpaired) electrons. The fourth-order valence-corrected chi connectivity index (χ4v) is 2.37. The fraction of sp³-hybridized carbons (Fsp3) is 0.231. The molecule has 100 valence electrons. The summed E-state index contributed by atoms with van der Waals surface area (Å²) in [6.45, 7) is 2.33. The summed E-state index contributed by atoms with van der Waals surface area (Å²) in [6, 6.07) is 4.26. The number of thiazole rings is 1. The Labute approximate surface area is 114 Å². The maximum absolute atomic E-state index is 13.7. The molecule has 19 heavy (non-hydrogen) atoms. The molecule has 0 aliphatic rings. The predicted molar refractivity (Wildman–Crippen MR) is 73.5 cm³/mol. The van der Waals surface area contributed by atoms with E-state index < -0.39 is 5.82 Å². The number of nitrogen functional groups attached to an aromatic ring is 1. The first kappa shape index (κ1) is 13.5. The minimum absolute atomic E-state index is 0.161. The third-order valence-corrected chi connectivity index (χ3v) is 3.67. The SMILES string of the molecule is Cc1ncsc1CCOc1ccc(C(=N)N)cc1F. The number of nitrogens with two attached hydrogens (primary N) is 1. The minimum atomic E-state index is -0.506. The number of amidine groups is 1. The van der Waals surface area contributed by atoms with Gasteiger partial charge in [0.25, 0.3) is 0 Å². The molecule has 0 atom stereocenters. The molecular formula is C13H14FN3OS. The lowest BCUT2D eigenvalue weighted by atomic mass is 10.2. The second-order valence-corrected chi connectivity index (χ2v) is 4.96. The maximum atomic E-state index is 13.7. The van der Waals surface area contributed by atoms with Gasteiger partial charge in [0, 0.05) is 16.9 Å². The van der Waals surface area contributed by atoms with E-state index in [9.17, 15) is 4.39 Å². The van der Waals surface area contributed by atoms with E-state index in [-0.39, 0.29) is 11.6 Å². The van der Waals surface area contributed by atoms with E-state index in [1.165, 1.54) is 12.1 Å². The van der Waals surface area contributed by atoms with Gasteiger partial charge < -0.3 is 10.5 Å². The van der Waals surface area contributed by atoms with Gasteiger partial charge in [0.1, 0.15) is 5.84 Å². The van der Waals surface area contributed by atoms with Crippen LogP contribution in [0.1, 0.15) is 16.1 Å². The largest absolute Gasteiger partial charge is 0.490 e. The summed E-state index contributed by atoms with van der Waals surface area (Å²) in [5.41, 5.74) is 8.41. The second-order valence-electron chi connectivity index (χ2n) is 4.02. The number of halogens is 1. The predicted octanol–water partition coefficient (Wildman–Crippen LogP) is 2.50. The average molecular weight is 279 g/mol. The molecule has 0 amide bonds. The van der Waals surface area contributed by atoms with Gasteiger partial charge in [-0.15, -0.1) is 11.3 Å². The quantitative estimate of drug-likeness (QED) is 0.652. The van der Waals surface area contributed by atoms with Gasteiger partial charge in [0.05, 0.1) is 17.8 Å². The van der Waals surface area contributed by atoms with Crippen LogP contribution in [0, 0.1) is 18.2 Å². The van der Waals surface area contributed by atoms with Crippen LogP contribution in [0.15, 0.2) is 23.7 Å². The zero-order valence-corrected chi connectivity index (χ0v) is 11.3. The normalized spacial score (nSPS) is 10.4. The molecule has 0 aliphatic carbocycles. The molecule has 0 saturated carbocycles. The van der Waals surface area contributed by atoms with Crippen molar-refractivity contribution in [3.63, 3.8) is 0 Å². The number of hydrogen-bond donors (Lipinski definition) is 2. The van der Waals surface area contributed by atoms with Crippen LogP contribution in [-0.2, 0) is 6.42 Å². The lowest BCUT2D eigenvalue weighted by Gasteiger charge is -2.08. The highest BCUT2D eigenvalue weighted by molar-refractivity contribution is 7.09. The van der Waals surface area contributed by atoms with E-state index in [0.717, 1.165) is 10.6 Å². The molecule has 2 rings (SSSR count). The number of benzene rings is 1. The Morgan fingerprint density at radius 2 is 2.32 bits per heavy atom. The molecule has 2 aromatic rings. The number of ether oxygens (including phenoxy) is 1. The summed E-state index contributed by atoms with van der Waals surface area (Å²) in [6.07, 6.45) is 0.699. The number of aromatic nitrogens is 1. The molecule has 0 unspecified atom stereocenters. The molecule has 4 nitrogen and oxygen atoms in total. The first-order valence-corrected chi connectivity index (χ1v) is 6.61. The Bertz CT molecular complexity index is 597. The van der Waals surface area contributed by atoms with Crippen LogP contribution in [0.3, 0.4) is 0 Å². The van der Waals surface area contributed by atoms with Crippen LogP contribution in [0.4, 0.5) is 4.39 Å². The first-order valence-electron chi connectivity index (χ1n) is 5.73. The van der Waals surface area contributed by atoms with Crippen molar-refractivity contribution in [1.82, 2.24) is 4.98 Å². The Kier molecular flexibility index (Phi) is 4.11. The van der Waals surface area contributed by atoms with Crippen molar-refractivity contribution in [2.24, 2.45) is 5.73 Å². The van der Waals surface area contributed by atoms with Crippen molar-refractivity contribution in [2.45, 2.75) is 13.3 Å². The van der Waals surface area contributed by atoms with Crippen LogP contribution in [0.25, 0.3) is 0 Å². The van der Waals surface area contributed by atoms with E-state index in [4.69, 9.17) is 15.9 Å². The lowest BCUT2D eigenvalue weighted by molar-refractivity contribution is 0.306. The third kappa shape index (κ3) is 3.29. The fourth-order valence-electron chi connectivity index (χ4n) is 1.61. The summed E-state index contributed by atoms with van der Waals surface area (Å²) in [7, 11) is 0. The van der Waals surface area contributed by atoms with Gasteiger partial charge in [-0.1, -0.05) is 0 Å². The van der Waals surface area contributed by atoms with Crippen LogP contribution in [-0.4, -0.2) is 17.4 Å². The Morgan fingerprint density at radius 1 is 1.53 bits per heavy atom. The smallest absolute Gasteiger partial charge is 0.165 e. The van der Waals surface area contributed by atoms with E-state index in [1.54, 1.807) is 22.9 Å². The first-order chi connectivity index (χ1) is 9.08. The van der Waals surface area contributed by atoms with Gasteiger partial charge in [0.15, 0.2) is 11.6 Å². The van der Waals surface area contributed by atoms with Crippen molar-refractivity contribution in [2.75, 3.05) is 6.61 Å². The van der Waals surface area contributed by atoms with E-state index >= 15 is 0 Å². The van der Waals surface area contributed by atoms with Crippen LogP contribution < -0.4 is 10.5 Å². The summed E-state index contributed by atoms with van der Waals surface area (Å²) >= 11 is 1.57. The van der Waals surface area contributed by atoms with Crippen molar-refractivity contribution in [1.29, 1.82) is 5.41 Å². The standard InChI is InChI=1S/C13H14FN3OS/c1-8-12(19-7-17-8)4-5-18-11-3-2-9(13(15)16)6-10(11)14/h2-3,6-7H,4-5H2,1H3,(H3,15,16). The summed E-state index contributed by atoms with van der Waals surface area (Å²) in [5.74, 6) is -0.494. The van der Waals surface area contributed by atoms with Crippen LogP contribution in [0.2, 0.25) is 0 Å². The molecular weight excluding hydrogens is 265 g/mol. The molecule has 1 heterocycles. The molecule has 0 spiro atoms. The summed E-state index contributed by atoms with van der Waals surface area (Å²) in [4.78, 5) is 5.28. The van der Waals surface area contributed by atoms with E-state index in [2.05, 4.69) is 4.98 Å². The molecule has 0 fully saturated rings. The molecule has 1 aromatic heterocycles. The number of aryl methyl sites for hydroxylation is 1. The van der Waals surface area contributed by atoms with Crippen LogP contribution in [0.5, 0.6) is 5.75 Å². The number of nitrogens with zero attached hydrogens (tertiary/aromatic N) is 1. The van der Waals surface area contributed by atoms with Crippen molar-refractivity contribution >= 4 is 17.2 Å². The molecule has 3 N–H and O–H groups in total. The van der Waals surface area contributed by atoms with Crippen molar-refractivity contribution in [3.8, 4) is 5.75 Å². The maximum Gasteiger partial charge on any atom is 0.165 e. The van der Waals surface area contributed by atoms with Crippen molar-refractivity contribution < 1.29 is 9.13 Å². The number of hydrogen-bond acceptors (Lipinski definition) is 4. The highest BCUT2D eigenvalue weighted by atomic mass is 32.1. The van der Waals surface area contributed by atoms with Gasteiger partial charge in [-0.3, -0.25) is 5.41 Å². The van der Waals surface area contributed by atoms with E-state index in [1.807, 2.05) is 6.92 Å². The second kappa shape index (κ2) is 5.79. The van der Waals surface area contributed by atoms with Gasteiger partial charge in [-0.2, -0.15) is 0 Å². The van der Waals surface area contributed by atoms with Gasteiger partial charge in [-0.25, -0.2) is 9.37 Å². The zero-order chi connectivity index (χ0) is 13.8. The van der Waals surface area contributed by atoms with E-state index in [0.29, 0.717) is 18.6 Å². The van der Waals surface area contributed by atoms with Gasteiger partial charge in [-0.05, 0) is 25.1 Å². The average Bonchev–Trinajstić information content (AvgIpc) is 2.77. The number of nitrogens with one attached hydrogen (secondary N) is 1. The lowest BCUT2D eigenvalue weighted by Crippen LogP contribution is -2.11. The number of rotatable bonds is 5. The Morgan fingerprint density at radius 3 is 2.89 bits per heavy atom. The van der Waals surface area contributed by atoms with Gasteiger partial charge in [0.2, 0.25) is 0 Å². The zero-order valence-electron chi connectivity index (χ0n) is 10.4. The van der Waals surface area contributed by atoms with Crippen molar-refractivity contribution in [3.05, 3.63) is 45.7 Å². The summed E-state index contributed by atoms with van der Waals surface area (Å²) < 4.78 is 19.1. The Balaban J connectivity index is 1.96. The monoisotopic (exact) mass is 279 g/mol. The molecule has 6 heteroatoms. The van der Waals surface area contributed by atoms with Gasteiger partial charge >= 0.3 is 0 Å². The topological polar surface area (TPSA) is 72.0 Å². The third-order valence-electron chi connectivity index (χ3n) is 2.67. The Hall–Kier alpha value is -1.95. The molecule has 0 aliphatic heterocycles. The molecule has 1 aromatic carbocycles. The minimum Gasteiger partial charge on any atom is -0.490 e. The highest BCUT2D eigenvalue weighted by Crippen LogP contribution is 2.19. The molecule has 0 bridgehead atoms. The highest BCUT2D eigenvalue weighted by Gasteiger charge is 2.07. The van der Waals surface area contributed by atoms with Crippen LogP contribution >= 0.6 is 11.3 Å². The summed E-state index contributed by atoms with van der Waals surface area (Å²) in [5, 5.41) is 7.22. The molecule has 0 saturated heterocycles.